The van der Waals surface area contributed by atoms with Crippen LogP contribution in [0.15, 0.2) is 89.9 Å². The Morgan fingerprint density at radius 2 is 1.50 bits per heavy atom. The van der Waals surface area contributed by atoms with Crippen LogP contribution in [0.1, 0.15) is 0 Å². The van der Waals surface area contributed by atoms with Gasteiger partial charge in [-0.05, 0) is 54.6 Å². The number of hydrogen-bond acceptors (Lipinski definition) is 3. The Balaban J connectivity index is 1.86. The number of aromatic nitrogens is 4. The minimum atomic E-state index is -0.227. The molecule has 2 heterocycles. The van der Waals surface area contributed by atoms with Crippen LogP contribution in [-0.4, -0.2) is 19.3 Å². The minimum Gasteiger partial charge on any atom is -0.268 e. The second-order valence-electron chi connectivity index (χ2n) is 6.69. The van der Waals surface area contributed by atoms with Gasteiger partial charge in [-0.3, -0.25) is 9.36 Å². The highest BCUT2D eigenvalue weighted by Gasteiger charge is 2.18. The van der Waals surface area contributed by atoms with Crippen molar-refractivity contribution in [2.75, 3.05) is 0 Å². The Kier molecular flexibility index (Phi) is 4.62. The molecule has 0 unspecified atom stereocenters. The SMILES string of the molecule is O=c1c2cnn(-c3ccccc3)c2nc(-c2ccc(Cl)cc2)n1-c1cccc(Cl)c1. The molecule has 2 aromatic heterocycles. The molecule has 0 aliphatic carbocycles. The Morgan fingerprint density at radius 1 is 0.767 bits per heavy atom. The zero-order valence-corrected chi connectivity index (χ0v) is 17.0. The van der Waals surface area contributed by atoms with E-state index in [1.807, 2.05) is 48.5 Å². The number of nitrogens with zero attached hydrogens (tertiary/aromatic N) is 4. The van der Waals surface area contributed by atoms with Crippen LogP contribution in [0.3, 0.4) is 0 Å². The molecule has 0 amide bonds. The maximum atomic E-state index is 13.5. The summed E-state index contributed by atoms with van der Waals surface area (Å²) < 4.78 is 3.22. The van der Waals surface area contributed by atoms with Gasteiger partial charge in [0, 0.05) is 15.6 Å². The molecule has 30 heavy (non-hydrogen) atoms. The van der Waals surface area contributed by atoms with Crippen molar-refractivity contribution in [1.82, 2.24) is 19.3 Å². The molecule has 146 valence electrons. The highest BCUT2D eigenvalue weighted by atomic mass is 35.5. The lowest BCUT2D eigenvalue weighted by Gasteiger charge is -2.14. The van der Waals surface area contributed by atoms with Crippen LogP contribution in [0.2, 0.25) is 10.0 Å². The maximum absolute atomic E-state index is 13.5. The summed E-state index contributed by atoms with van der Waals surface area (Å²) in [5.74, 6) is 0.476. The predicted molar refractivity (Wildman–Crippen MR) is 120 cm³/mol. The van der Waals surface area contributed by atoms with Crippen molar-refractivity contribution in [2.24, 2.45) is 0 Å². The largest absolute Gasteiger partial charge is 0.269 e. The standard InChI is InChI=1S/C23H14Cl2N4O/c24-16-11-9-15(10-12-16)21-27-22-20(14-26-29(22)18-6-2-1-3-7-18)23(30)28(21)19-8-4-5-17(25)13-19/h1-14H. The second-order valence-corrected chi connectivity index (χ2v) is 7.56. The first-order valence-electron chi connectivity index (χ1n) is 9.20. The summed E-state index contributed by atoms with van der Waals surface area (Å²) in [4.78, 5) is 18.4. The molecule has 0 atom stereocenters. The molecule has 0 fully saturated rings. The third-order valence-corrected chi connectivity index (χ3v) is 5.26. The summed E-state index contributed by atoms with van der Waals surface area (Å²) in [5, 5.41) is 5.97. The number of hydrogen-bond donors (Lipinski definition) is 0. The molecule has 3 aromatic carbocycles. The van der Waals surface area contributed by atoms with Crippen molar-refractivity contribution < 1.29 is 0 Å². The fourth-order valence-corrected chi connectivity index (χ4v) is 3.68. The molecule has 0 bridgehead atoms. The Morgan fingerprint density at radius 3 is 2.23 bits per heavy atom. The summed E-state index contributed by atoms with van der Waals surface area (Å²) >= 11 is 12.3. The highest BCUT2D eigenvalue weighted by molar-refractivity contribution is 6.31. The predicted octanol–water partition coefficient (Wildman–Crippen LogP) is 5.55. The Labute approximate surface area is 181 Å². The maximum Gasteiger partial charge on any atom is 0.269 e. The zero-order valence-electron chi connectivity index (χ0n) is 15.5. The van der Waals surface area contributed by atoms with Crippen molar-refractivity contribution in [2.45, 2.75) is 0 Å². The van der Waals surface area contributed by atoms with Gasteiger partial charge in [-0.25, -0.2) is 9.67 Å². The topological polar surface area (TPSA) is 52.7 Å². The third-order valence-electron chi connectivity index (χ3n) is 4.77. The number of fused-ring (bicyclic) bond motifs is 1. The average Bonchev–Trinajstić information content (AvgIpc) is 3.19. The van der Waals surface area contributed by atoms with Gasteiger partial charge in [-0.15, -0.1) is 0 Å². The van der Waals surface area contributed by atoms with Gasteiger partial charge in [0.15, 0.2) is 5.65 Å². The summed E-state index contributed by atoms with van der Waals surface area (Å²) in [5.41, 5.74) is 2.45. The van der Waals surface area contributed by atoms with Crippen molar-refractivity contribution >= 4 is 34.2 Å². The van der Waals surface area contributed by atoms with Gasteiger partial charge in [0.05, 0.1) is 17.6 Å². The first-order chi connectivity index (χ1) is 14.6. The summed E-state index contributed by atoms with van der Waals surface area (Å²) in [6, 6.07) is 23.9. The molecule has 5 aromatic rings. The van der Waals surface area contributed by atoms with Crippen molar-refractivity contribution in [3.63, 3.8) is 0 Å². The number of para-hydroxylation sites is 1. The summed E-state index contributed by atoms with van der Waals surface area (Å²) in [6.07, 6.45) is 1.55. The van der Waals surface area contributed by atoms with E-state index in [4.69, 9.17) is 28.2 Å². The van der Waals surface area contributed by atoms with Crippen LogP contribution in [0, 0.1) is 0 Å². The fraction of sp³-hybridized carbons (Fsp3) is 0. The van der Waals surface area contributed by atoms with Crippen LogP contribution < -0.4 is 5.56 Å². The van der Waals surface area contributed by atoms with E-state index in [1.54, 1.807) is 45.8 Å². The smallest absolute Gasteiger partial charge is 0.268 e. The van der Waals surface area contributed by atoms with Gasteiger partial charge in [-0.1, -0.05) is 47.5 Å². The van der Waals surface area contributed by atoms with Crippen LogP contribution in [-0.2, 0) is 0 Å². The molecule has 0 aliphatic heterocycles. The van der Waals surface area contributed by atoms with E-state index in [2.05, 4.69) is 5.10 Å². The Hall–Kier alpha value is -3.41. The Bertz CT molecular complexity index is 1420. The van der Waals surface area contributed by atoms with Gasteiger partial charge >= 0.3 is 0 Å². The third kappa shape index (κ3) is 3.18. The van der Waals surface area contributed by atoms with Gasteiger partial charge in [0.1, 0.15) is 11.2 Å². The van der Waals surface area contributed by atoms with Gasteiger partial charge in [-0.2, -0.15) is 5.10 Å². The lowest BCUT2D eigenvalue weighted by Crippen LogP contribution is -2.22. The van der Waals surface area contributed by atoms with E-state index < -0.39 is 0 Å². The monoisotopic (exact) mass is 432 g/mol. The van der Waals surface area contributed by atoms with E-state index in [9.17, 15) is 4.79 Å². The molecular formula is C23H14Cl2N4O. The summed E-state index contributed by atoms with van der Waals surface area (Å²) in [7, 11) is 0. The number of halogens is 2. The normalized spacial score (nSPS) is 11.1. The number of rotatable bonds is 3. The molecule has 5 nitrogen and oxygen atoms in total. The zero-order chi connectivity index (χ0) is 20.7. The van der Waals surface area contributed by atoms with Gasteiger partial charge in [0.25, 0.3) is 5.56 Å². The average molecular weight is 433 g/mol. The molecule has 0 aliphatic rings. The van der Waals surface area contributed by atoms with Crippen molar-refractivity contribution in [1.29, 1.82) is 0 Å². The molecule has 0 spiro atoms. The van der Waals surface area contributed by atoms with Gasteiger partial charge in [0.2, 0.25) is 0 Å². The van der Waals surface area contributed by atoms with E-state index in [1.165, 1.54) is 0 Å². The van der Waals surface area contributed by atoms with Crippen molar-refractivity contribution in [3.8, 4) is 22.8 Å². The first kappa shape index (κ1) is 18.6. The van der Waals surface area contributed by atoms with Gasteiger partial charge < -0.3 is 0 Å². The van der Waals surface area contributed by atoms with E-state index in [-0.39, 0.29) is 5.56 Å². The lowest BCUT2D eigenvalue weighted by atomic mass is 10.2. The first-order valence-corrected chi connectivity index (χ1v) is 9.95. The molecule has 0 saturated carbocycles. The lowest BCUT2D eigenvalue weighted by molar-refractivity contribution is 0.888. The molecule has 0 N–H and O–H groups in total. The fourth-order valence-electron chi connectivity index (χ4n) is 3.37. The van der Waals surface area contributed by atoms with Crippen LogP contribution in [0.25, 0.3) is 33.8 Å². The second kappa shape index (κ2) is 7.44. The van der Waals surface area contributed by atoms with E-state index >= 15 is 0 Å². The van der Waals surface area contributed by atoms with E-state index in [0.717, 1.165) is 11.3 Å². The molecular weight excluding hydrogens is 419 g/mol. The summed E-state index contributed by atoms with van der Waals surface area (Å²) in [6.45, 7) is 0. The molecule has 7 heteroatoms. The minimum absolute atomic E-state index is 0.227. The van der Waals surface area contributed by atoms with Crippen LogP contribution >= 0.6 is 23.2 Å². The van der Waals surface area contributed by atoms with Crippen molar-refractivity contribution in [3.05, 3.63) is 105 Å². The molecule has 0 saturated heterocycles. The van der Waals surface area contributed by atoms with E-state index in [0.29, 0.717) is 32.6 Å². The molecule has 0 radical (unpaired) electrons. The molecule has 5 rings (SSSR count). The van der Waals surface area contributed by atoms with Crippen LogP contribution in [0.5, 0.6) is 0 Å². The number of benzene rings is 3. The highest BCUT2D eigenvalue weighted by Crippen LogP contribution is 2.25. The van der Waals surface area contributed by atoms with Crippen LogP contribution in [0.4, 0.5) is 0 Å². The quantitative estimate of drug-likeness (QED) is 0.375.